The second kappa shape index (κ2) is 7.93. The van der Waals surface area contributed by atoms with Crippen LogP contribution in [0.4, 0.5) is 0 Å². The SMILES string of the molecule is CC1(C)CC[C@]2(N3CCC(=O)N3)CC[C@]3(C)[C@H](C(=O)C=C4[C@@]5(C)C=C(C#N)C(=O)C(C)(C)C5CC[C@]43C)[C@@H]2C1. The van der Waals surface area contributed by atoms with Crippen molar-refractivity contribution in [1.82, 2.24) is 10.4 Å². The number of carbonyl (C=O) groups is 3. The lowest BCUT2D eigenvalue weighted by Gasteiger charge is -2.70. The number of allylic oxidation sites excluding steroid dienone is 4. The molecule has 1 aliphatic heterocycles. The van der Waals surface area contributed by atoms with Gasteiger partial charge in [0.25, 0.3) is 0 Å². The molecule has 0 aromatic rings. The molecule has 4 fully saturated rings. The highest BCUT2D eigenvalue weighted by atomic mass is 16.2. The summed E-state index contributed by atoms with van der Waals surface area (Å²) in [5, 5.41) is 12.2. The monoisotopic (exact) mass is 531 g/mol. The minimum atomic E-state index is -0.652. The number of carbonyl (C=O) groups excluding carboxylic acids is 3. The number of hydrazine groups is 1. The first-order chi connectivity index (χ1) is 18.1. The molecule has 1 saturated heterocycles. The number of hydrogen-bond acceptors (Lipinski definition) is 5. The Labute approximate surface area is 233 Å². The molecule has 0 spiro atoms. The summed E-state index contributed by atoms with van der Waals surface area (Å²) in [7, 11) is 0. The number of nitrogens with one attached hydrogen (secondary N) is 1. The van der Waals surface area contributed by atoms with Crippen LogP contribution in [-0.4, -0.2) is 34.6 Å². The molecule has 0 aromatic heterocycles. The molecule has 6 rings (SSSR count). The van der Waals surface area contributed by atoms with Crippen LogP contribution in [0, 0.1) is 56.2 Å². The molecule has 1 N–H and O–H groups in total. The van der Waals surface area contributed by atoms with E-state index in [9.17, 15) is 19.6 Å². The molecule has 0 aromatic carbocycles. The molecule has 1 heterocycles. The summed E-state index contributed by atoms with van der Waals surface area (Å²) in [6, 6.07) is 2.20. The van der Waals surface area contributed by atoms with Crippen molar-refractivity contribution in [3.8, 4) is 6.07 Å². The molecule has 210 valence electrons. The Morgan fingerprint density at radius 3 is 2.31 bits per heavy atom. The Morgan fingerprint density at radius 1 is 0.974 bits per heavy atom. The van der Waals surface area contributed by atoms with Crippen LogP contribution in [0.2, 0.25) is 0 Å². The maximum atomic E-state index is 14.6. The van der Waals surface area contributed by atoms with Gasteiger partial charge in [-0.05, 0) is 79.1 Å². The topological polar surface area (TPSA) is 90.3 Å². The van der Waals surface area contributed by atoms with Crippen LogP contribution in [0.3, 0.4) is 0 Å². The van der Waals surface area contributed by atoms with E-state index >= 15 is 0 Å². The standard InChI is InChI=1S/C33H45N3O3/c1-28(2)11-13-33(36-15-9-25(38)35-36)14-12-32(7)26(21(33)18-28)22(37)16-24-30(5)17-20(19-34)27(39)29(3,4)23(30)8-10-31(24,32)6/h16-17,21,23,26H,8-15,18H2,1-7H3,(H,35,38)/t21-,23?,26-,30-,31+,32+,33-/m0/s1. The molecular weight excluding hydrogens is 486 g/mol. The minimum absolute atomic E-state index is 0.0537. The second-order valence-electron chi connectivity index (χ2n) is 15.8. The van der Waals surface area contributed by atoms with Gasteiger partial charge >= 0.3 is 0 Å². The van der Waals surface area contributed by atoms with Crippen molar-refractivity contribution >= 4 is 17.5 Å². The predicted molar refractivity (Wildman–Crippen MR) is 149 cm³/mol. The van der Waals surface area contributed by atoms with Gasteiger partial charge in [0.15, 0.2) is 11.6 Å². The number of ketones is 2. The number of nitrogens with zero attached hydrogens (tertiary/aromatic N) is 2. The van der Waals surface area contributed by atoms with Crippen LogP contribution in [0.15, 0.2) is 23.3 Å². The Kier molecular flexibility index (Phi) is 5.48. The highest BCUT2D eigenvalue weighted by Crippen LogP contribution is 2.73. The van der Waals surface area contributed by atoms with E-state index < -0.39 is 10.8 Å². The zero-order valence-corrected chi connectivity index (χ0v) is 24.9. The lowest BCUT2D eigenvalue weighted by atomic mass is 9.35. The molecule has 6 heteroatoms. The summed E-state index contributed by atoms with van der Waals surface area (Å²) in [5.41, 5.74) is 2.92. The molecule has 0 radical (unpaired) electrons. The van der Waals surface area contributed by atoms with E-state index in [2.05, 4.69) is 51.1 Å². The number of Topliss-reactive ketones (excluding diaryl/α,β-unsaturated/α-hetero) is 1. The van der Waals surface area contributed by atoms with Crippen LogP contribution < -0.4 is 5.43 Å². The molecule has 1 amide bonds. The first-order valence-corrected chi connectivity index (χ1v) is 15.1. The maximum Gasteiger partial charge on any atom is 0.235 e. The van der Waals surface area contributed by atoms with Crippen molar-refractivity contribution in [2.75, 3.05) is 6.54 Å². The van der Waals surface area contributed by atoms with Gasteiger partial charge in [0, 0.05) is 35.3 Å². The Hall–Kier alpha value is -2.26. The van der Waals surface area contributed by atoms with Gasteiger partial charge in [-0.1, -0.05) is 60.1 Å². The second-order valence-corrected chi connectivity index (χ2v) is 15.8. The fourth-order valence-electron chi connectivity index (χ4n) is 10.9. The molecule has 3 saturated carbocycles. The molecule has 6 aliphatic rings. The highest BCUT2D eigenvalue weighted by molar-refractivity contribution is 6.04. The van der Waals surface area contributed by atoms with E-state index in [4.69, 9.17) is 0 Å². The van der Waals surface area contributed by atoms with Crippen molar-refractivity contribution in [3.05, 3.63) is 23.3 Å². The van der Waals surface area contributed by atoms with Crippen LogP contribution in [0.25, 0.3) is 0 Å². The third-order valence-electron chi connectivity index (χ3n) is 13.2. The maximum absolute atomic E-state index is 14.6. The third kappa shape index (κ3) is 3.26. The highest BCUT2D eigenvalue weighted by Gasteiger charge is 2.70. The van der Waals surface area contributed by atoms with Crippen molar-refractivity contribution in [2.45, 2.75) is 105 Å². The average molecular weight is 532 g/mol. The quantitative estimate of drug-likeness (QED) is 0.469. The zero-order valence-electron chi connectivity index (χ0n) is 24.9. The summed E-state index contributed by atoms with van der Waals surface area (Å²) in [6.07, 6.45) is 11.2. The molecule has 6 nitrogen and oxygen atoms in total. The molecule has 1 unspecified atom stereocenters. The van der Waals surface area contributed by atoms with E-state index in [1.54, 1.807) is 0 Å². The molecule has 0 bridgehead atoms. The third-order valence-corrected chi connectivity index (χ3v) is 13.2. The van der Waals surface area contributed by atoms with Crippen LogP contribution >= 0.6 is 0 Å². The van der Waals surface area contributed by atoms with Crippen molar-refractivity contribution in [1.29, 1.82) is 5.26 Å². The van der Waals surface area contributed by atoms with E-state index in [-0.39, 0.29) is 62.6 Å². The van der Waals surface area contributed by atoms with Crippen molar-refractivity contribution in [3.63, 3.8) is 0 Å². The number of amides is 1. The first kappa shape index (κ1) is 26.9. The lowest BCUT2D eigenvalue weighted by Crippen LogP contribution is -2.70. The fraction of sp³-hybridized carbons (Fsp3) is 0.758. The van der Waals surface area contributed by atoms with Gasteiger partial charge in [0.05, 0.1) is 5.57 Å². The van der Waals surface area contributed by atoms with Gasteiger partial charge in [-0.2, -0.15) is 5.26 Å². The van der Waals surface area contributed by atoms with Crippen LogP contribution in [-0.2, 0) is 14.4 Å². The Morgan fingerprint density at radius 2 is 1.67 bits per heavy atom. The lowest BCUT2D eigenvalue weighted by molar-refractivity contribution is -0.181. The van der Waals surface area contributed by atoms with Gasteiger partial charge < -0.3 is 0 Å². The number of fused-ring (bicyclic) bond motifs is 7. The number of hydrogen-bond donors (Lipinski definition) is 1. The van der Waals surface area contributed by atoms with Gasteiger partial charge in [0.2, 0.25) is 5.91 Å². The summed E-state index contributed by atoms with van der Waals surface area (Å²) in [6.45, 7) is 16.3. The zero-order chi connectivity index (χ0) is 28.4. The van der Waals surface area contributed by atoms with Crippen molar-refractivity contribution in [2.24, 2.45) is 44.8 Å². The summed E-state index contributed by atoms with van der Waals surface area (Å²) < 4.78 is 0. The first-order valence-electron chi connectivity index (χ1n) is 15.1. The number of nitriles is 1. The largest absolute Gasteiger partial charge is 0.295 e. The molecular formula is C33H45N3O3. The van der Waals surface area contributed by atoms with E-state index in [1.165, 1.54) is 0 Å². The average Bonchev–Trinajstić information content (AvgIpc) is 3.29. The normalized spacial score (nSPS) is 46.5. The van der Waals surface area contributed by atoms with Gasteiger partial charge in [0.1, 0.15) is 6.07 Å². The molecule has 39 heavy (non-hydrogen) atoms. The summed E-state index contributed by atoms with van der Waals surface area (Å²) in [5.74, 6) is 0.341. The fourth-order valence-corrected chi connectivity index (χ4v) is 10.9. The Bertz CT molecular complexity index is 1290. The molecule has 5 aliphatic carbocycles. The van der Waals surface area contributed by atoms with Gasteiger partial charge in [-0.15, -0.1) is 0 Å². The predicted octanol–water partition coefficient (Wildman–Crippen LogP) is 5.70. The summed E-state index contributed by atoms with van der Waals surface area (Å²) >= 11 is 0. The van der Waals surface area contributed by atoms with Crippen LogP contribution in [0.5, 0.6) is 0 Å². The Balaban J connectivity index is 1.51. The smallest absolute Gasteiger partial charge is 0.235 e. The van der Waals surface area contributed by atoms with Gasteiger partial charge in [-0.25, -0.2) is 5.01 Å². The minimum Gasteiger partial charge on any atom is -0.295 e. The summed E-state index contributed by atoms with van der Waals surface area (Å²) in [4.78, 5) is 40.2. The van der Waals surface area contributed by atoms with Gasteiger partial charge in [-0.3, -0.25) is 19.8 Å². The van der Waals surface area contributed by atoms with Crippen molar-refractivity contribution < 1.29 is 14.4 Å². The molecule has 7 atom stereocenters. The number of rotatable bonds is 1. The van der Waals surface area contributed by atoms with E-state index in [1.807, 2.05) is 26.0 Å². The van der Waals surface area contributed by atoms with E-state index in [0.717, 1.165) is 57.1 Å². The van der Waals surface area contributed by atoms with Crippen LogP contribution in [0.1, 0.15) is 99.8 Å². The van der Waals surface area contributed by atoms with E-state index in [0.29, 0.717) is 6.42 Å².